The molecule has 0 radical (unpaired) electrons. The third-order valence-electron chi connectivity index (χ3n) is 5.87. The number of primary amides is 1. The number of carbonyl (C=O) groups excluding carboxylic acids is 1. The first-order valence-electron chi connectivity index (χ1n) is 8.87. The number of hydrogen-bond donors (Lipinski definition) is 2. The van der Waals surface area contributed by atoms with Gasteiger partial charge in [-0.1, -0.05) is 19.3 Å². The molecule has 2 saturated carbocycles. The lowest BCUT2D eigenvalue weighted by Crippen LogP contribution is -2.41. The molecule has 0 aromatic heterocycles. The van der Waals surface area contributed by atoms with Gasteiger partial charge in [0.05, 0.1) is 11.7 Å². The van der Waals surface area contributed by atoms with E-state index in [1.165, 1.54) is 44.9 Å². The zero-order valence-electron chi connectivity index (χ0n) is 13.1. The number of amides is 1. The Labute approximate surface area is 128 Å². The molecule has 3 N–H and O–H groups in total. The lowest BCUT2D eigenvalue weighted by atomic mass is 9.83. The van der Waals surface area contributed by atoms with E-state index in [0.29, 0.717) is 12.1 Å². The Kier molecular flexibility index (Phi) is 4.85. The quantitative estimate of drug-likeness (QED) is 0.837. The molecule has 0 aromatic carbocycles. The summed E-state index contributed by atoms with van der Waals surface area (Å²) in [7, 11) is 0. The molecule has 1 atom stereocenters. The predicted molar refractivity (Wildman–Crippen MR) is 82.9 cm³/mol. The van der Waals surface area contributed by atoms with Crippen molar-refractivity contribution >= 4 is 5.91 Å². The van der Waals surface area contributed by atoms with Crippen molar-refractivity contribution in [1.82, 2.24) is 5.32 Å². The lowest BCUT2D eigenvalue weighted by molar-refractivity contribution is -0.122. The molecule has 0 bridgehead atoms. The zero-order valence-corrected chi connectivity index (χ0v) is 13.1. The average Bonchev–Trinajstić information content (AvgIpc) is 2.89. The Morgan fingerprint density at radius 2 is 1.76 bits per heavy atom. The summed E-state index contributed by atoms with van der Waals surface area (Å²) >= 11 is 0. The fraction of sp³-hybridized carbons (Fsp3) is 0.941. The minimum Gasteiger partial charge on any atom is -0.370 e. The van der Waals surface area contributed by atoms with Gasteiger partial charge < -0.3 is 15.8 Å². The van der Waals surface area contributed by atoms with Gasteiger partial charge >= 0.3 is 0 Å². The second-order valence-electron chi connectivity index (χ2n) is 7.38. The number of nitrogens with two attached hydrogens (primary N) is 1. The van der Waals surface area contributed by atoms with Crippen molar-refractivity contribution in [1.29, 1.82) is 0 Å². The van der Waals surface area contributed by atoms with Gasteiger partial charge in [-0.25, -0.2) is 0 Å². The molecule has 3 aliphatic rings. The van der Waals surface area contributed by atoms with Crippen LogP contribution in [0.5, 0.6) is 0 Å². The number of carbonyl (C=O) groups is 1. The molecular weight excluding hydrogens is 264 g/mol. The van der Waals surface area contributed by atoms with Crippen LogP contribution in [0.2, 0.25) is 0 Å². The highest BCUT2D eigenvalue weighted by Crippen LogP contribution is 2.41. The standard InChI is InChI=1S/C17H30N2O2/c18-16(20)13-4-6-14(7-5-13)19-12-15-8-11-17(21-15)9-2-1-3-10-17/h13-15,19H,1-12H2,(H2,18,20). The van der Waals surface area contributed by atoms with Gasteiger partial charge in [-0.15, -0.1) is 0 Å². The first-order valence-corrected chi connectivity index (χ1v) is 8.87. The van der Waals surface area contributed by atoms with Crippen LogP contribution in [0, 0.1) is 5.92 Å². The molecule has 120 valence electrons. The molecular formula is C17H30N2O2. The van der Waals surface area contributed by atoms with Crippen molar-refractivity contribution in [3.05, 3.63) is 0 Å². The van der Waals surface area contributed by atoms with E-state index in [4.69, 9.17) is 10.5 Å². The monoisotopic (exact) mass is 294 g/mol. The van der Waals surface area contributed by atoms with Crippen LogP contribution in [0.15, 0.2) is 0 Å². The smallest absolute Gasteiger partial charge is 0.220 e. The Morgan fingerprint density at radius 3 is 2.43 bits per heavy atom. The number of ether oxygens (including phenoxy) is 1. The van der Waals surface area contributed by atoms with E-state index < -0.39 is 0 Å². The maximum Gasteiger partial charge on any atom is 0.220 e. The van der Waals surface area contributed by atoms with Crippen LogP contribution >= 0.6 is 0 Å². The van der Waals surface area contributed by atoms with E-state index in [-0.39, 0.29) is 17.4 Å². The van der Waals surface area contributed by atoms with Crippen LogP contribution in [-0.2, 0) is 9.53 Å². The fourth-order valence-corrected chi connectivity index (χ4v) is 4.48. The number of hydrogen-bond acceptors (Lipinski definition) is 3. The Hall–Kier alpha value is -0.610. The molecule has 21 heavy (non-hydrogen) atoms. The molecule has 0 aromatic rings. The fourth-order valence-electron chi connectivity index (χ4n) is 4.48. The second-order valence-corrected chi connectivity index (χ2v) is 7.38. The summed E-state index contributed by atoms with van der Waals surface area (Å²) in [5, 5.41) is 3.67. The van der Waals surface area contributed by atoms with Gasteiger partial charge in [0.1, 0.15) is 0 Å². The largest absolute Gasteiger partial charge is 0.370 e. The number of nitrogens with one attached hydrogen (secondary N) is 1. The molecule has 1 spiro atoms. The Bertz CT molecular complexity index is 358. The minimum atomic E-state index is -0.119. The van der Waals surface area contributed by atoms with Crippen molar-refractivity contribution in [3.63, 3.8) is 0 Å². The van der Waals surface area contributed by atoms with Gasteiger partial charge in [-0.05, 0) is 51.4 Å². The zero-order chi connectivity index (χ0) is 14.7. The van der Waals surface area contributed by atoms with Gasteiger partial charge in [0.2, 0.25) is 5.91 Å². The Balaban J connectivity index is 1.38. The van der Waals surface area contributed by atoms with E-state index >= 15 is 0 Å². The number of rotatable bonds is 4. The van der Waals surface area contributed by atoms with Crippen molar-refractivity contribution in [3.8, 4) is 0 Å². The first-order chi connectivity index (χ1) is 10.2. The van der Waals surface area contributed by atoms with Crippen LogP contribution < -0.4 is 11.1 Å². The minimum absolute atomic E-state index is 0.108. The summed E-state index contributed by atoms with van der Waals surface area (Å²) in [6.45, 7) is 0.980. The van der Waals surface area contributed by atoms with Crippen LogP contribution in [0.1, 0.15) is 70.6 Å². The molecule has 1 heterocycles. The molecule has 2 aliphatic carbocycles. The van der Waals surface area contributed by atoms with Crippen molar-refractivity contribution in [2.75, 3.05) is 6.54 Å². The van der Waals surface area contributed by atoms with E-state index in [2.05, 4.69) is 5.32 Å². The van der Waals surface area contributed by atoms with Crippen LogP contribution in [0.25, 0.3) is 0 Å². The van der Waals surface area contributed by atoms with Crippen molar-refractivity contribution in [2.45, 2.75) is 88.4 Å². The van der Waals surface area contributed by atoms with Crippen molar-refractivity contribution < 1.29 is 9.53 Å². The van der Waals surface area contributed by atoms with Gasteiger partial charge in [0.15, 0.2) is 0 Å². The SMILES string of the molecule is NC(=O)C1CCC(NCC2CCC3(CCCCC3)O2)CC1. The third kappa shape index (κ3) is 3.78. The van der Waals surface area contributed by atoms with Crippen LogP contribution in [0.3, 0.4) is 0 Å². The summed E-state index contributed by atoms with van der Waals surface area (Å²) in [6.07, 6.45) is 13.5. The molecule has 1 unspecified atom stereocenters. The summed E-state index contributed by atoms with van der Waals surface area (Å²) in [5.74, 6) is -0.0110. The van der Waals surface area contributed by atoms with Crippen LogP contribution in [-0.4, -0.2) is 30.2 Å². The molecule has 4 nitrogen and oxygen atoms in total. The maximum atomic E-state index is 11.2. The molecule has 4 heteroatoms. The van der Waals surface area contributed by atoms with Gasteiger partial charge in [-0.2, -0.15) is 0 Å². The van der Waals surface area contributed by atoms with Gasteiger partial charge in [-0.3, -0.25) is 4.79 Å². The molecule has 1 amide bonds. The van der Waals surface area contributed by atoms with Crippen LogP contribution in [0.4, 0.5) is 0 Å². The Morgan fingerprint density at radius 1 is 1.05 bits per heavy atom. The van der Waals surface area contributed by atoms with Gasteiger partial charge in [0.25, 0.3) is 0 Å². The molecule has 3 rings (SSSR count). The summed E-state index contributed by atoms with van der Waals surface area (Å²) in [5.41, 5.74) is 5.62. The maximum absolute atomic E-state index is 11.2. The summed E-state index contributed by atoms with van der Waals surface area (Å²) < 4.78 is 6.40. The topological polar surface area (TPSA) is 64.4 Å². The summed E-state index contributed by atoms with van der Waals surface area (Å²) in [6, 6.07) is 0.548. The van der Waals surface area contributed by atoms with Gasteiger partial charge in [0, 0.05) is 18.5 Å². The third-order valence-corrected chi connectivity index (χ3v) is 5.87. The first kappa shape index (κ1) is 15.3. The summed E-state index contributed by atoms with van der Waals surface area (Å²) in [4.78, 5) is 11.2. The van der Waals surface area contributed by atoms with E-state index in [9.17, 15) is 4.79 Å². The highest BCUT2D eigenvalue weighted by atomic mass is 16.5. The molecule has 1 aliphatic heterocycles. The average molecular weight is 294 g/mol. The molecule has 1 saturated heterocycles. The van der Waals surface area contributed by atoms with E-state index in [1.54, 1.807) is 0 Å². The lowest BCUT2D eigenvalue weighted by Gasteiger charge is -2.34. The van der Waals surface area contributed by atoms with Crippen molar-refractivity contribution in [2.24, 2.45) is 11.7 Å². The highest BCUT2D eigenvalue weighted by molar-refractivity contribution is 5.76. The normalized spacial score (nSPS) is 35.9. The predicted octanol–water partition coefficient (Wildman–Crippen LogP) is 2.50. The van der Waals surface area contributed by atoms with E-state index in [0.717, 1.165) is 32.2 Å². The second kappa shape index (κ2) is 6.66. The highest BCUT2D eigenvalue weighted by Gasteiger charge is 2.40. The molecule has 3 fully saturated rings. The van der Waals surface area contributed by atoms with E-state index in [1.807, 2.05) is 0 Å².